The van der Waals surface area contributed by atoms with E-state index in [1.807, 2.05) is 66.9 Å². The molecule has 2 aromatic heterocycles. The van der Waals surface area contributed by atoms with E-state index in [0.717, 1.165) is 21.4 Å². The Labute approximate surface area is 149 Å². The highest BCUT2D eigenvalue weighted by Crippen LogP contribution is 2.38. The molecule has 0 aliphatic carbocycles. The number of ether oxygens (including phenoxy) is 1. The Balaban J connectivity index is 2.09. The number of fused-ring (bicyclic) bond motifs is 1. The van der Waals surface area contributed by atoms with E-state index in [-0.39, 0.29) is 5.63 Å². The molecular weight excluding hydrogens is 332 g/mol. The van der Waals surface area contributed by atoms with Crippen molar-refractivity contribution < 1.29 is 9.15 Å². The fourth-order valence-corrected chi connectivity index (χ4v) is 3.75. The van der Waals surface area contributed by atoms with Crippen molar-refractivity contribution in [3.8, 4) is 27.3 Å². The zero-order valence-corrected chi connectivity index (χ0v) is 14.5. The first-order chi connectivity index (χ1) is 12.3. The van der Waals surface area contributed by atoms with Gasteiger partial charge in [-0.1, -0.05) is 36.4 Å². The minimum atomic E-state index is -0.331. The van der Waals surface area contributed by atoms with E-state index >= 15 is 0 Å². The molecule has 0 radical (unpaired) electrons. The largest absolute Gasteiger partial charge is 0.494 e. The lowest BCUT2D eigenvalue weighted by Gasteiger charge is -2.12. The number of thiophene rings is 1. The van der Waals surface area contributed by atoms with Crippen LogP contribution in [0, 0.1) is 0 Å². The highest BCUT2D eigenvalue weighted by atomic mass is 32.1. The van der Waals surface area contributed by atoms with Gasteiger partial charge in [0.05, 0.1) is 12.2 Å². The molecule has 2 heterocycles. The molecule has 25 heavy (non-hydrogen) atoms. The van der Waals surface area contributed by atoms with Crippen molar-refractivity contribution in [3.63, 3.8) is 0 Å². The molecule has 4 aromatic rings. The second kappa shape index (κ2) is 6.57. The summed E-state index contributed by atoms with van der Waals surface area (Å²) in [4.78, 5) is 13.7. The fraction of sp³-hybridized carbons (Fsp3) is 0.0952. The number of benzene rings is 2. The Morgan fingerprint density at radius 3 is 2.56 bits per heavy atom. The maximum atomic E-state index is 12.8. The molecule has 0 fully saturated rings. The summed E-state index contributed by atoms with van der Waals surface area (Å²) in [6.45, 7) is 2.49. The molecule has 3 nitrogen and oxygen atoms in total. The van der Waals surface area contributed by atoms with Crippen molar-refractivity contribution in [2.75, 3.05) is 6.61 Å². The van der Waals surface area contributed by atoms with Crippen LogP contribution in [0.25, 0.3) is 32.5 Å². The highest BCUT2D eigenvalue weighted by molar-refractivity contribution is 7.13. The van der Waals surface area contributed by atoms with Crippen molar-refractivity contribution in [1.82, 2.24) is 0 Å². The monoisotopic (exact) mass is 348 g/mol. The van der Waals surface area contributed by atoms with E-state index in [2.05, 4.69) is 0 Å². The third-order valence-corrected chi connectivity index (χ3v) is 4.91. The van der Waals surface area contributed by atoms with Gasteiger partial charge < -0.3 is 9.15 Å². The lowest BCUT2D eigenvalue weighted by atomic mass is 9.96. The summed E-state index contributed by atoms with van der Waals surface area (Å²) in [5.74, 6) is 0.695. The van der Waals surface area contributed by atoms with Crippen LogP contribution in [0.4, 0.5) is 0 Å². The number of hydrogen-bond donors (Lipinski definition) is 0. The van der Waals surface area contributed by atoms with Gasteiger partial charge in [0.1, 0.15) is 11.3 Å². The standard InChI is InChI=1S/C21H16O3S/c1-2-23-15-10-11-16-17(13-15)24-21(22)20(18-9-6-12-25-18)19(16)14-7-4-3-5-8-14/h3-13H,2H2,1H3. The summed E-state index contributed by atoms with van der Waals surface area (Å²) < 4.78 is 11.2. The molecule has 0 saturated carbocycles. The summed E-state index contributed by atoms with van der Waals surface area (Å²) in [7, 11) is 0. The van der Waals surface area contributed by atoms with Crippen molar-refractivity contribution in [2.24, 2.45) is 0 Å². The van der Waals surface area contributed by atoms with Crippen molar-refractivity contribution in [1.29, 1.82) is 0 Å². The van der Waals surface area contributed by atoms with Crippen LogP contribution in [0.5, 0.6) is 5.75 Å². The Morgan fingerprint density at radius 1 is 1.00 bits per heavy atom. The quantitative estimate of drug-likeness (QED) is 0.452. The van der Waals surface area contributed by atoms with Crippen LogP contribution in [0.1, 0.15) is 6.92 Å². The highest BCUT2D eigenvalue weighted by Gasteiger charge is 2.19. The molecule has 4 heteroatoms. The molecule has 0 aliphatic rings. The third kappa shape index (κ3) is 2.85. The summed E-state index contributed by atoms with van der Waals surface area (Å²) in [5, 5.41) is 2.86. The summed E-state index contributed by atoms with van der Waals surface area (Å²) in [5.41, 5.74) is 2.71. The Bertz CT molecular complexity index is 1060. The molecule has 0 aliphatic heterocycles. The molecule has 0 atom stereocenters. The fourth-order valence-electron chi connectivity index (χ4n) is 2.99. The van der Waals surface area contributed by atoms with Crippen LogP contribution < -0.4 is 10.4 Å². The van der Waals surface area contributed by atoms with E-state index < -0.39 is 0 Å². The van der Waals surface area contributed by atoms with Crippen LogP contribution in [0.2, 0.25) is 0 Å². The number of rotatable bonds is 4. The molecule has 0 bridgehead atoms. The van der Waals surface area contributed by atoms with E-state index in [4.69, 9.17) is 9.15 Å². The second-order valence-corrected chi connectivity index (χ2v) is 6.52. The third-order valence-electron chi connectivity index (χ3n) is 4.02. The summed E-state index contributed by atoms with van der Waals surface area (Å²) in [6.07, 6.45) is 0. The normalized spacial score (nSPS) is 10.9. The van der Waals surface area contributed by atoms with E-state index in [1.54, 1.807) is 6.07 Å². The summed E-state index contributed by atoms with van der Waals surface area (Å²) in [6, 6.07) is 19.5. The van der Waals surface area contributed by atoms with Gasteiger partial charge in [-0.05, 0) is 36.1 Å². The first-order valence-corrected chi connectivity index (χ1v) is 8.99. The van der Waals surface area contributed by atoms with Crippen LogP contribution in [0.3, 0.4) is 0 Å². The van der Waals surface area contributed by atoms with Crippen LogP contribution in [0.15, 0.2) is 75.3 Å². The lowest BCUT2D eigenvalue weighted by Crippen LogP contribution is -2.05. The molecule has 0 N–H and O–H groups in total. The van der Waals surface area contributed by atoms with Crippen molar-refractivity contribution in [3.05, 3.63) is 76.5 Å². The zero-order valence-electron chi connectivity index (χ0n) is 13.7. The first kappa shape index (κ1) is 15.7. The van der Waals surface area contributed by atoms with E-state index in [0.29, 0.717) is 23.5 Å². The summed E-state index contributed by atoms with van der Waals surface area (Å²) >= 11 is 1.53. The average molecular weight is 348 g/mol. The molecule has 0 saturated heterocycles. The smallest absolute Gasteiger partial charge is 0.345 e. The first-order valence-electron chi connectivity index (χ1n) is 8.11. The van der Waals surface area contributed by atoms with Gasteiger partial charge in [-0.3, -0.25) is 0 Å². The predicted molar refractivity (Wildman–Crippen MR) is 102 cm³/mol. The molecular formula is C21H16O3S. The van der Waals surface area contributed by atoms with Gasteiger partial charge in [-0.25, -0.2) is 4.79 Å². The topological polar surface area (TPSA) is 39.4 Å². The van der Waals surface area contributed by atoms with E-state index in [1.165, 1.54) is 11.3 Å². The Morgan fingerprint density at radius 2 is 1.84 bits per heavy atom. The average Bonchev–Trinajstić information content (AvgIpc) is 3.15. The van der Waals surface area contributed by atoms with Crippen LogP contribution >= 0.6 is 11.3 Å². The number of hydrogen-bond acceptors (Lipinski definition) is 4. The van der Waals surface area contributed by atoms with Gasteiger partial charge in [0, 0.05) is 21.9 Å². The lowest BCUT2D eigenvalue weighted by molar-refractivity contribution is 0.340. The minimum Gasteiger partial charge on any atom is -0.494 e. The Kier molecular flexibility index (Phi) is 4.12. The molecule has 124 valence electrons. The maximum Gasteiger partial charge on any atom is 0.345 e. The van der Waals surface area contributed by atoms with Gasteiger partial charge in [-0.2, -0.15) is 0 Å². The van der Waals surface area contributed by atoms with Gasteiger partial charge in [-0.15, -0.1) is 11.3 Å². The van der Waals surface area contributed by atoms with Crippen molar-refractivity contribution in [2.45, 2.75) is 6.92 Å². The Hall–Kier alpha value is -2.85. The zero-order chi connectivity index (χ0) is 17.2. The van der Waals surface area contributed by atoms with Gasteiger partial charge in [0.25, 0.3) is 0 Å². The van der Waals surface area contributed by atoms with Gasteiger partial charge >= 0.3 is 5.63 Å². The molecule has 0 amide bonds. The molecule has 2 aromatic carbocycles. The molecule has 4 rings (SSSR count). The van der Waals surface area contributed by atoms with Gasteiger partial charge in [0.2, 0.25) is 0 Å². The SMILES string of the molecule is CCOc1ccc2c(-c3ccccc3)c(-c3cccs3)c(=O)oc2c1. The second-order valence-electron chi connectivity index (χ2n) is 5.57. The maximum absolute atomic E-state index is 12.8. The van der Waals surface area contributed by atoms with Crippen molar-refractivity contribution >= 4 is 22.3 Å². The molecule has 0 unspecified atom stereocenters. The predicted octanol–water partition coefficient (Wildman–Crippen LogP) is 5.59. The minimum absolute atomic E-state index is 0.331. The molecule has 0 spiro atoms. The van der Waals surface area contributed by atoms with Gasteiger partial charge in [0.15, 0.2) is 0 Å². The van der Waals surface area contributed by atoms with Crippen LogP contribution in [-0.4, -0.2) is 6.61 Å². The van der Waals surface area contributed by atoms with Crippen LogP contribution in [-0.2, 0) is 0 Å². The van der Waals surface area contributed by atoms with E-state index in [9.17, 15) is 4.79 Å².